The van der Waals surface area contributed by atoms with Crippen molar-refractivity contribution in [2.45, 2.75) is 45.3 Å². The molecule has 0 radical (unpaired) electrons. The number of rotatable bonds is 7. The van der Waals surface area contributed by atoms with Crippen LogP contribution >= 0.6 is 11.9 Å². The summed E-state index contributed by atoms with van der Waals surface area (Å²) in [7, 11) is 1.34. The average molecular weight is 496 g/mol. The number of nitrogens with zero attached hydrogens (tertiary/aromatic N) is 2. The molecule has 1 aliphatic rings. The first-order valence-corrected chi connectivity index (χ1v) is 12.4. The molecule has 35 heavy (non-hydrogen) atoms. The molecule has 8 nitrogen and oxygen atoms in total. The zero-order chi connectivity index (χ0) is 25.2. The number of fused-ring (bicyclic) bond motifs is 1. The molecule has 0 amide bonds. The van der Waals surface area contributed by atoms with Crippen molar-refractivity contribution < 1.29 is 23.9 Å². The molecule has 0 aliphatic carbocycles. The lowest BCUT2D eigenvalue weighted by molar-refractivity contribution is -0.156. The highest BCUT2D eigenvalue weighted by Gasteiger charge is 2.47. The average Bonchev–Trinajstić information content (AvgIpc) is 3.43. The summed E-state index contributed by atoms with van der Waals surface area (Å²) >= 11 is 1.41. The second kappa shape index (κ2) is 10.1. The number of aromatic amines is 1. The van der Waals surface area contributed by atoms with Gasteiger partial charge in [0, 0.05) is 34.1 Å². The number of carbonyl (C=O) groups excluding carboxylic acids is 3. The van der Waals surface area contributed by atoms with Gasteiger partial charge in [0.2, 0.25) is 0 Å². The Kier molecular flexibility index (Phi) is 7.16. The number of ether oxygens (including phenoxy) is 2. The Morgan fingerprint density at radius 1 is 1.17 bits per heavy atom. The number of aromatic nitrogens is 2. The molecule has 2 aromatic heterocycles. The number of benzene rings is 1. The highest BCUT2D eigenvalue weighted by atomic mass is 32.2. The molecular formula is C26H29N3O5S. The summed E-state index contributed by atoms with van der Waals surface area (Å²) in [5.74, 6) is -1.20. The molecule has 1 saturated heterocycles. The molecule has 3 heterocycles. The number of para-hydroxylation sites is 1. The Morgan fingerprint density at radius 3 is 2.63 bits per heavy atom. The zero-order valence-corrected chi connectivity index (χ0v) is 21.1. The molecule has 0 bridgehead atoms. The lowest BCUT2D eigenvalue weighted by Gasteiger charge is -2.29. The van der Waals surface area contributed by atoms with Crippen molar-refractivity contribution in [2.75, 3.05) is 17.2 Å². The second-order valence-corrected chi connectivity index (χ2v) is 10.4. The van der Waals surface area contributed by atoms with E-state index in [1.807, 2.05) is 55.4 Å². The maximum Gasteiger partial charge on any atom is 0.331 e. The Bertz CT molecular complexity index is 1230. The van der Waals surface area contributed by atoms with Gasteiger partial charge < -0.3 is 14.5 Å². The molecule has 1 N–H and O–H groups in total. The first-order chi connectivity index (χ1) is 16.7. The predicted molar refractivity (Wildman–Crippen MR) is 135 cm³/mol. The number of ketones is 1. The van der Waals surface area contributed by atoms with Gasteiger partial charge in [0.15, 0.2) is 5.78 Å². The molecule has 4 rings (SSSR count). The minimum Gasteiger partial charge on any atom is -0.469 e. The Balaban J connectivity index is 1.74. The summed E-state index contributed by atoms with van der Waals surface area (Å²) in [5, 5.41) is 0.769. The van der Waals surface area contributed by atoms with Gasteiger partial charge in [0.1, 0.15) is 11.6 Å². The number of esters is 2. The quantitative estimate of drug-likeness (QED) is 0.293. The van der Waals surface area contributed by atoms with Crippen LogP contribution in [0.5, 0.6) is 0 Å². The zero-order valence-electron chi connectivity index (χ0n) is 20.2. The van der Waals surface area contributed by atoms with Crippen LogP contribution in [0.4, 0.5) is 5.69 Å². The van der Waals surface area contributed by atoms with Crippen molar-refractivity contribution >= 4 is 46.3 Å². The van der Waals surface area contributed by atoms with E-state index in [1.54, 1.807) is 18.5 Å². The summed E-state index contributed by atoms with van der Waals surface area (Å²) in [5.41, 5.74) is 2.00. The molecule has 2 atom stereocenters. The fraction of sp³-hybridized carbons (Fsp3) is 0.385. The van der Waals surface area contributed by atoms with Gasteiger partial charge in [-0.1, -0.05) is 18.2 Å². The number of H-pyrrole nitrogens is 1. The van der Waals surface area contributed by atoms with Crippen molar-refractivity contribution in [3.8, 4) is 0 Å². The molecule has 2 unspecified atom stereocenters. The van der Waals surface area contributed by atoms with Crippen molar-refractivity contribution in [3.63, 3.8) is 0 Å². The summed E-state index contributed by atoms with van der Waals surface area (Å²) in [6.45, 7) is 5.43. The van der Waals surface area contributed by atoms with E-state index in [-0.39, 0.29) is 18.2 Å². The van der Waals surface area contributed by atoms with E-state index in [4.69, 9.17) is 9.47 Å². The van der Waals surface area contributed by atoms with E-state index in [1.165, 1.54) is 19.1 Å². The van der Waals surface area contributed by atoms with Crippen LogP contribution in [0.1, 0.15) is 43.2 Å². The second-order valence-electron chi connectivity index (χ2n) is 9.38. The molecular weight excluding hydrogens is 466 g/mol. The molecule has 0 spiro atoms. The van der Waals surface area contributed by atoms with Crippen LogP contribution in [0.15, 0.2) is 48.8 Å². The van der Waals surface area contributed by atoms with Crippen LogP contribution in [0, 0.1) is 5.92 Å². The number of pyridine rings is 1. The van der Waals surface area contributed by atoms with Crippen molar-refractivity contribution in [2.24, 2.45) is 5.92 Å². The SMILES string of the molecule is COC(=O)CCc1[nH]c2ccccc2c1C(=O)C1CSN(c2cccnc2)C1C(=O)OC(C)(C)C. The molecule has 1 fully saturated rings. The molecule has 1 aromatic carbocycles. The van der Waals surface area contributed by atoms with Crippen molar-refractivity contribution in [1.29, 1.82) is 0 Å². The Labute approximate surface area is 208 Å². The van der Waals surface area contributed by atoms with Gasteiger partial charge in [-0.3, -0.25) is 18.9 Å². The van der Waals surface area contributed by atoms with Crippen molar-refractivity contribution in [3.05, 3.63) is 60.0 Å². The van der Waals surface area contributed by atoms with E-state index < -0.39 is 23.5 Å². The number of aryl methyl sites for hydroxylation is 1. The Morgan fingerprint density at radius 2 is 1.94 bits per heavy atom. The number of nitrogens with one attached hydrogen (secondary N) is 1. The fourth-order valence-electron chi connectivity index (χ4n) is 4.24. The van der Waals surface area contributed by atoms with Crippen molar-refractivity contribution in [1.82, 2.24) is 9.97 Å². The topological polar surface area (TPSA) is 102 Å². The molecule has 3 aromatic rings. The lowest BCUT2D eigenvalue weighted by atomic mass is 9.89. The van der Waals surface area contributed by atoms with Gasteiger partial charge in [-0.2, -0.15) is 0 Å². The third-order valence-corrected chi connectivity index (χ3v) is 6.97. The Hall–Kier alpha value is -3.33. The number of hydrogen-bond acceptors (Lipinski definition) is 8. The smallest absolute Gasteiger partial charge is 0.331 e. The molecule has 1 aliphatic heterocycles. The summed E-state index contributed by atoms with van der Waals surface area (Å²) in [4.78, 5) is 46.8. The molecule has 9 heteroatoms. The predicted octanol–water partition coefficient (Wildman–Crippen LogP) is 4.35. The number of hydrogen-bond donors (Lipinski definition) is 1. The van der Waals surface area contributed by atoms with Gasteiger partial charge in [0.25, 0.3) is 0 Å². The van der Waals surface area contributed by atoms with Gasteiger partial charge in [0.05, 0.1) is 31.3 Å². The van der Waals surface area contributed by atoms with Crippen LogP contribution in [-0.2, 0) is 25.5 Å². The maximum absolute atomic E-state index is 14.1. The fourth-order valence-corrected chi connectivity index (χ4v) is 5.54. The van der Waals surface area contributed by atoms with Crippen LogP contribution < -0.4 is 4.31 Å². The third kappa shape index (κ3) is 5.35. The number of carbonyl (C=O) groups is 3. The lowest BCUT2D eigenvalue weighted by Crippen LogP contribution is -2.44. The first kappa shape index (κ1) is 24.8. The minimum atomic E-state index is -0.821. The monoisotopic (exact) mass is 495 g/mol. The van der Waals surface area contributed by atoms with Crippen LogP contribution in [-0.4, -0.2) is 52.2 Å². The third-order valence-electron chi connectivity index (χ3n) is 5.75. The summed E-state index contributed by atoms with van der Waals surface area (Å²) in [6.07, 6.45) is 3.80. The van der Waals surface area contributed by atoms with Gasteiger partial charge >= 0.3 is 11.9 Å². The van der Waals surface area contributed by atoms with Crippen LogP contribution in [0.3, 0.4) is 0 Å². The van der Waals surface area contributed by atoms with Gasteiger partial charge in [-0.05, 0) is 57.3 Å². The number of Topliss-reactive ketones (excluding diaryl/α,β-unsaturated/α-hetero) is 1. The molecule has 0 saturated carbocycles. The van der Waals surface area contributed by atoms with Crippen LogP contribution in [0.25, 0.3) is 10.9 Å². The normalized spacial score (nSPS) is 18.0. The maximum atomic E-state index is 14.1. The standard InChI is InChI=1S/C26H29N3O5S/c1-26(2,3)34-25(32)23-18(15-35-29(23)16-8-7-13-27-14-16)24(31)22-17-9-5-6-10-19(17)28-20(22)11-12-21(30)33-4/h5-10,13-14,18,23,28H,11-12,15H2,1-4H3. The van der Waals surface area contributed by atoms with Gasteiger partial charge in [-0.15, -0.1) is 0 Å². The highest BCUT2D eigenvalue weighted by Crippen LogP contribution is 2.40. The largest absolute Gasteiger partial charge is 0.469 e. The van der Waals surface area contributed by atoms with Crippen LogP contribution in [0.2, 0.25) is 0 Å². The molecule has 184 valence electrons. The number of methoxy groups -OCH3 is 1. The van der Waals surface area contributed by atoms with E-state index >= 15 is 0 Å². The number of anilines is 1. The summed E-state index contributed by atoms with van der Waals surface area (Å²) < 4.78 is 12.4. The highest BCUT2D eigenvalue weighted by molar-refractivity contribution is 8.01. The summed E-state index contributed by atoms with van der Waals surface area (Å²) in [6, 6.07) is 10.4. The van der Waals surface area contributed by atoms with Gasteiger partial charge in [-0.25, -0.2) is 4.79 Å². The van der Waals surface area contributed by atoms with E-state index in [0.717, 1.165) is 16.6 Å². The van der Waals surface area contributed by atoms with E-state index in [2.05, 4.69) is 9.97 Å². The van der Waals surface area contributed by atoms with E-state index in [0.29, 0.717) is 23.4 Å². The first-order valence-electron chi connectivity index (χ1n) is 11.4. The minimum absolute atomic E-state index is 0.139. The van der Waals surface area contributed by atoms with E-state index in [9.17, 15) is 14.4 Å².